The Morgan fingerprint density at radius 2 is 1.52 bits per heavy atom. The number of anilines is 1. The molecule has 0 saturated carbocycles. The Morgan fingerprint density at radius 1 is 0.879 bits per heavy atom. The second-order valence-corrected chi connectivity index (χ2v) is 7.16. The zero-order chi connectivity index (χ0) is 24.2. The molecule has 0 atom stereocenters. The minimum Gasteiger partial charge on any atom is -0.462 e. The number of carbonyl (C=O) groups is 4. The highest BCUT2D eigenvalue weighted by Gasteiger charge is 2.31. The summed E-state index contributed by atoms with van der Waals surface area (Å²) in [6, 6.07) is 8.94. The van der Waals surface area contributed by atoms with Crippen LogP contribution in [0, 0.1) is 6.92 Å². The number of nitrogens with one attached hydrogen (secondary N) is 2. The molecule has 2 N–H and O–H groups in total. The molecule has 1 aromatic carbocycles. The monoisotopic (exact) mass is 458 g/mol. The average Bonchev–Trinajstić information content (AvgIpc) is 3.12. The van der Waals surface area contributed by atoms with E-state index in [1.807, 2.05) is 6.07 Å². The molecule has 0 aliphatic heterocycles. The lowest BCUT2D eigenvalue weighted by Crippen LogP contribution is -2.24. The number of ether oxygens (including phenoxy) is 2. The first-order valence-electron chi connectivity index (χ1n) is 11.0. The van der Waals surface area contributed by atoms with E-state index in [1.54, 1.807) is 38.1 Å². The van der Waals surface area contributed by atoms with Crippen molar-refractivity contribution >= 4 is 29.6 Å². The number of furan rings is 1. The van der Waals surface area contributed by atoms with Crippen molar-refractivity contribution in [3.8, 4) is 0 Å². The lowest BCUT2D eigenvalue weighted by atomic mass is 10.1. The van der Waals surface area contributed by atoms with Gasteiger partial charge in [-0.2, -0.15) is 0 Å². The van der Waals surface area contributed by atoms with Crippen molar-refractivity contribution in [3.63, 3.8) is 0 Å². The first kappa shape index (κ1) is 25.6. The number of amides is 2. The van der Waals surface area contributed by atoms with Gasteiger partial charge in [0.1, 0.15) is 16.9 Å². The molecule has 0 fully saturated rings. The van der Waals surface area contributed by atoms with Crippen molar-refractivity contribution in [2.24, 2.45) is 0 Å². The summed E-state index contributed by atoms with van der Waals surface area (Å²) in [7, 11) is 0. The molecule has 0 unspecified atom stereocenters. The van der Waals surface area contributed by atoms with E-state index in [0.717, 1.165) is 6.42 Å². The molecule has 0 radical (unpaired) electrons. The lowest BCUT2D eigenvalue weighted by molar-refractivity contribution is -0.116. The zero-order valence-corrected chi connectivity index (χ0v) is 19.2. The van der Waals surface area contributed by atoms with Crippen molar-refractivity contribution in [2.45, 2.75) is 46.5 Å². The summed E-state index contributed by atoms with van der Waals surface area (Å²) in [5.41, 5.74) is 0.398. The topological polar surface area (TPSA) is 124 Å². The molecule has 9 heteroatoms. The van der Waals surface area contributed by atoms with Gasteiger partial charge in [0, 0.05) is 18.5 Å². The van der Waals surface area contributed by atoms with Crippen LogP contribution in [0.3, 0.4) is 0 Å². The number of aryl methyl sites for hydroxylation is 1. The quantitative estimate of drug-likeness (QED) is 0.365. The Hall–Kier alpha value is -3.62. The van der Waals surface area contributed by atoms with Crippen molar-refractivity contribution in [1.29, 1.82) is 0 Å². The molecule has 1 aromatic heterocycles. The Balaban J connectivity index is 1.86. The maximum atomic E-state index is 12.4. The predicted octanol–water partition coefficient (Wildman–Crippen LogP) is 3.87. The average molecular weight is 459 g/mol. The molecule has 1 heterocycles. The van der Waals surface area contributed by atoms with Crippen LogP contribution < -0.4 is 10.6 Å². The van der Waals surface area contributed by atoms with E-state index in [9.17, 15) is 19.2 Å². The molecule has 0 aliphatic rings. The van der Waals surface area contributed by atoms with E-state index in [1.165, 1.54) is 6.92 Å². The van der Waals surface area contributed by atoms with Gasteiger partial charge in [-0.05, 0) is 45.7 Å². The molecule has 178 valence electrons. The van der Waals surface area contributed by atoms with Gasteiger partial charge in [0.05, 0.1) is 13.2 Å². The Kier molecular flexibility index (Phi) is 10.1. The van der Waals surface area contributed by atoms with Crippen LogP contribution in [0.15, 0.2) is 34.7 Å². The fraction of sp³-hybridized carbons (Fsp3) is 0.417. The van der Waals surface area contributed by atoms with Gasteiger partial charge in [-0.25, -0.2) is 9.59 Å². The van der Waals surface area contributed by atoms with Gasteiger partial charge in [0.2, 0.25) is 11.8 Å². The van der Waals surface area contributed by atoms with Crippen LogP contribution in [-0.4, -0.2) is 43.5 Å². The van der Waals surface area contributed by atoms with Crippen LogP contribution >= 0.6 is 0 Å². The van der Waals surface area contributed by atoms with Gasteiger partial charge in [-0.1, -0.05) is 24.6 Å². The second kappa shape index (κ2) is 13.0. The molecule has 2 amide bonds. The first-order valence-corrected chi connectivity index (χ1v) is 11.0. The molecular formula is C24H30N2O7. The minimum absolute atomic E-state index is 0.0558. The number of unbranched alkanes of at least 4 members (excludes halogenated alkanes) is 2. The largest absolute Gasteiger partial charge is 0.462 e. The number of esters is 2. The normalized spacial score (nSPS) is 10.4. The van der Waals surface area contributed by atoms with Crippen LogP contribution in [0.4, 0.5) is 5.88 Å². The summed E-state index contributed by atoms with van der Waals surface area (Å²) in [6.07, 6.45) is 2.20. The standard InChI is InChI=1S/C24H30N2O7/c1-4-31-23(29)19-16(3)33-22(20(19)24(30)32-5-2)26-18(27)14-10-7-11-15-25-21(28)17-12-8-6-9-13-17/h6,8-9,12-13H,4-5,7,10-11,14-15H2,1-3H3,(H,25,28)(H,26,27). The smallest absolute Gasteiger partial charge is 0.344 e. The van der Waals surface area contributed by atoms with Gasteiger partial charge >= 0.3 is 11.9 Å². The Morgan fingerprint density at radius 3 is 2.15 bits per heavy atom. The number of carbonyl (C=O) groups excluding carboxylic acids is 4. The van der Waals surface area contributed by atoms with Crippen molar-refractivity contribution < 1.29 is 33.1 Å². The van der Waals surface area contributed by atoms with E-state index in [-0.39, 0.29) is 54.2 Å². The fourth-order valence-corrected chi connectivity index (χ4v) is 3.15. The molecule has 9 nitrogen and oxygen atoms in total. The van der Waals surface area contributed by atoms with Gasteiger partial charge in [-0.15, -0.1) is 0 Å². The van der Waals surface area contributed by atoms with Gasteiger partial charge in [-0.3, -0.25) is 14.9 Å². The SMILES string of the molecule is CCOC(=O)c1c(C)oc(NC(=O)CCCCCNC(=O)c2ccccc2)c1C(=O)OCC. The molecule has 2 rings (SSSR count). The van der Waals surface area contributed by atoms with E-state index in [0.29, 0.717) is 24.9 Å². The molecule has 0 spiro atoms. The molecule has 0 saturated heterocycles. The number of hydrogen-bond donors (Lipinski definition) is 2. The molecule has 0 aliphatic carbocycles. The van der Waals surface area contributed by atoms with Crippen LogP contribution in [0.2, 0.25) is 0 Å². The summed E-state index contributed by atoms with van der Waals surface area (Å²) in [5.74, 6) is -1.97. The third-order valence-electron chi connectivity index (χ3n) is 4.70. The predicted molar refractivity (Wildman–Crippen MR) is 121 cm³/mol. The van der Waals surface area contributed by atoms with Gasteiger partial charge in [0.15, 0.2) is 0 Å². The van der Waals surface area contributed by atoms with Crippen LogP contribution in [0.25, 0.3) is 0 Å². The van der Waals surface area contributed by atoms with E-state index >= 15 is 0 Å². The Labute approximate surface area is 192 Å². The number of hydrogen-bond acceptors (Lipinski definition) is 7. The van der Waals surface area contributed by atoms with E-state index < -0.39 is 11.9 Å². The van der Waals surface area contributed by atoms with E-state index in [4.69, 9.17) is 13.9 Å². The second-order valence-electron chi connectivity index (χ2n) is 7.16. The highest BCUT2D eigenvalue weighted by Crippen LogP contribution is 2.29. The molecular weight excluding hydrogens is 428 g/mol. The van der Waals surface area contributed by atoms with Crippen molar-refractivity contribution in [3.05, 3.63) is 52.8 Å². The third kappa shape index (κ3) is 7.48. The van der Waals surface area contributed by atoms with Crippen LogP contribution in [0.5, 0.6) is 0 Å². The highest BCUT2D eigenvalue weighted by molar-refractivity contribution is 6.09. The van der Waals surface area contributed by atoms with Gasteiger partial charge in [0.25, 0.3) is 5.91 Å². The maximum absolute atomic E-state index is 12.4. The van der Waals surface area contributed by atoms with Gasteiger partial charge < -0.3 is 19.2 Å². The third-order valence-corrected chi connectivity index (χ3v) is 4.70. The first-order chi connectivity index (χ1) is 15.9. The molecule has 0 bridgehead atoms. The summed E-state index contributed by atoms with van der Waals surface area (Å²) >= 11 is 0. The minimum atomic E-state index is -0.776. The lowest BCUT2D eigenvalue weighted by Gasteiger charge is -2.07. The maximum Gasteiger partial charge on any atom is 0.344 e. The van der Waals surface area contributed by atoms with Crippen LogP contribution in [-0.2, 0) is 14.3 Å². The zero-order valence-electron chi connectivity index (χ0n) is 19.2. The summed E-state index contributed by atoms with van der Waals surface area (Å²) in [5, 5.41) is 5.39. The van der Waals surface area contributed by atoms with Crippen molar-refractivity contribution in [2.75, 3.05) is 25.1 Å². The summed E-state index contributed by atoms with van der Waals surface area (Å²) in [4.78, 5) is 49.0. The Bertz CT molecular complexity index is 967. The summed E-state index contributed by atoms with van der Waals surface area (Å²) in [6.45, 7) is 5.51. The van der Waals surface area contributed by atoms with E-state index in [2.05, 4.69) is 10.6 Å². The molecule has 33 heavy (non-hydrogen) atoms. The fourth-order valence-electron chi connectivity index (χ4n) is 3.15. The molecule has 2 aromatic rings. The van der Waals surface area contributed by atoms with Crippen LogP contribution in [0.1, 0.15) is 76.4 Å². The highest BCUT2D eigenvalue weighted by atomic mass is 16.5. The van der Waals surface area contributed by atoms with Crippen molar-refractivity contribution in [1.82, 2.24) is 5.32 Å². The number of benzene rings is 1. The summed E-state index contributed by atoms with van der Waals surface area (Å²) < 4.78 is 15.5. The number of rotatable bonds is 12.